The largest absolute Gasteiger partial charge is 0.358 e. The quantitative estimate of drug-likeness (QED) is 0.794. The van der Waals surface area contributed by atoms with Crippen LogP contribution in [-0.4, -0.2) is 13.2 Å². The first kappa shape index (κ1) is 10.9. The van der Waals surface area contributed by atoms with Crippen LogP contribution in [0.5, 0.6) is 0 Å². The third-order valence-corrected chi connectivity index (χ3v) is 2.94. The number of benzene rings is 1. The number of hydrogen-bond donors (Lipinski definition) is 1. The van der Waals surface area contributed by atoms with Crippen LogP contribution in [-0.2, 0) is 4.74 Å². The molecule has 15 heavy (non-hydrogen) atoms. The number of hydrogen-bond acceptors (Lipinski definition) is 2. The van der Waals surface area contributed by atoms with Crippen molar-refractivity contribution in [2.75, 3.05) is 13.2 Å². The minimum Gasteiger partial charge on any atom is -0.358 e. The lowest BCUT2D eigenvalue weighted by Crippen LogP contribution is -2.43. The molecule has 0 saturated carbocycles. The highest BCUT2D eigenvalue weighted by molar-refractivity contribution is 6.31. The maximum Gasteiger partial charge on any atom is 0.135 e. The second kappa shape index (κ2) is 4.12. The predicted molar refractivity (Wildman–Crippen MR) is 61.9 cm³/mol. The molecular formula is C12H16ClNO. The lowest BCUT2D eigenvalue weighted by molar-refractivity contribution is -0.0594. The maximum atomic E-state index is 6.11. The van der Waals surface area contributed by atoms with E-state index < -0.39 is 0 Å². The molecule has 1 fully saturated rings. The van der Waals surface area contributed by atoms with Crippen molar-refractivity contribution in [3.05, 3.63) is 34.9 Å². The number of rotatable bonds is 1. The van der Waals surface area contributed by atoms with E-state index in [4.69, 9.17) is 16.3 Å². The normalized spacial score (nSPS) is 25.1. The molecule has 0 amide bonds. The summed E-state index contributed by atoms with van der Waals surface area (Å²) < 4.78 is 5.76. The van der Waals surface area contributed by atoms with E-state index in [2.05, 4.69) is 19.2 Å². The van der Waals surface area contributed by atoms with Crippen LogP contribution in [0.2, 0.25) is 5.02 Å². The van der Waals surface area contributed by atoms with Gasteiger partial charge in [-0.1, -0.05) is 43.6 Å². The van der Waals surface area contributed by atoms with Crippen molar-refractivity contribution in [1.82, 2.24) is 5.32 Å². The predicted octanol–water partition coefficient (Wildman–Crippen LogP) is 2.98. The van der Waals surface area contributed by atoms with Crippen LogP contribution < -0.4 is 5.32 Å². The highest BCUT2D eigenvalue weighted by atomic mass is 35.5. The molecule has 1 atom stereocenters. The topological polar surface area (TPSA) is 21.3 Å². The minimum absolute atomic E-state index is 0.0632. The Morgan fingerprint density at radius 1 is 1.40 bits per heavy atom. The lowest BCUT2D eigenvalue weighted by atomic mass is 9.93. The highest BCUT2D eigenvalue weighted by Crippen LogP contribution is 2.29. The average Bonchev–Trinajstić information content (AvgIpc) is 2.19. The monoisotopic (exact) mass is 225 g/mol. The van der Waals surface area contributed by atoms with Crippen LogP contribution in [0.15, 0.2) is 24.3 Å². The van der Waals surface area contributed by atoms with E-state index >= 15 is 0 Å². The summed E-state index contributed by atoms with van der Waals surface area (Å²) in [5.74, 6) is 0. The SMILES string of the molecule is CC1(C)CNC(c2ccccc2Cl)OC1. The van der Waals surface area contributed by atoms with E-state index in [9.17, 15) is 0 Å². The third kappa shape index (κ3) is 2.51. The molecule has 82 valence electrons. The molecule has 1 aliphatic rings. The number of halogens is 1. The van der Waals surface area contributed by atoms with Crippen LogP contribution in [0, 0.1) is 5.41 Å². The van der Waals surface area contributed by atoms with Crippen molar-refractivity contribution in [3.63, 3.8) is 0 Å². The molecule has 0 aliphatic carbocycles. The molecule has 0 aromatic heterocycles. The Balaban J connectivity index is 2.11. The summed E-state index contributed by atoms with van der Waals surface area (Å²) in [5.41, 5.74) is 1.23. The Kier molecular flexibility index (Phi) is 3.01. The van der Waals surface area contributed by atoms with E-state index in [-0.39, 0.29) is 11.6 Å². The van der Waals surface area contributed by atoms with Crippen LogP contribution >= 0.6 is 11.6 Å². The Morgan fingerprint density at radius 2 is 2.13 bits per heavy atom. The van der Waals surface area contributed by atoms with Gasteiger partial charge in [0.2, 0.25) is 0 Å². The van der Waals surface area contributed by atoms with Gasteiger partial charge in [-0.3, -0.25) is 5.32 Å². The summed E-state index contributed by atoms with van der Waals surface area (Å²) in [6.07, 6.45) is -0.0632. The van der Waals surface area contributed by atoms with E-state index in [1.54, 1.807) is 0 Å². The first-order chi connectivity index (χ1) is 7.08. The van der Waals surface area contributed by atoms with Crippen molar-refractivity contribution in [2.45, 2.75) is 20.1 Å². The van der Waals surface area contributed by atoms with Crippen molar-refractivity contribution in [2.24, 2.45) is 5.41 Å². The summed E-state index contributed by atoms with van der Waals surface area (Å²) in [6, 6.07) is 7.80. The van der Waals surface area contributed by atoms with Crippen molar-refractivity contribution < 1.29 is 4.74 Å². The fourth-order valence-corrected chi connectivity index (χ4v) is 1.91. The van der Waals surface area contributed by atoms with Gasteiger partial charge in [0.25, 0.3) is 0 Å². The van der Waals surface area contributed by atoms with Crippen molar-refractivity contribution >= 4 is 11.6 Å². The van der Waals surface area contributed by atoms with Crippen molar-refractivity contribution in [3.8, 4) is 0 Å². The zero-order chi connectivity index (χ0) is 10.9. The van der Waals surface area contributed by atoms with Gasteiger partial charge in [0.15, 0.2) is 0 Å². The second-order valence-corrected chi connectivity index (χ2v) is 5.16. The molecule has 1 unspecified atom stereocenters. The van der Waals surface area contributed by atoms with Crippen LogP contribution in [0.1, 0.15) is 25.6 Å². The molecule has 3 heteroatoms. The van der Waals surface area contributed by atoms with Crippen LogP contribution in [0.3, 0.4) is 0 Å². The Hall–Kier alpha value is -0.570. The third-order valence-electron chi connectivity index (χ3n) is 2.59. The summed E-state index contributed by atoms with van der Waals surface area (Å²) in [4.78, 5) is 0. The Morgan fingerprint density at radius 3 is 2.73 bits per heavy atom. The Labute approximate surface area is 95.6 Å². The van der Waals surface area contributed by atoms with E-state index in [1.807, 2.05) is 24.3 Å². The summed E-state index contributed by atoms with van der Waals surface area (Å²) in [7, 11) is 0. The van der Waals surface area contributed by atoms with Gasteiger partial charge in [0.05, 0.1) is 6.61 Å². The molecular weight excluding hydrogens is 210 g/mol. The molecule has 1 heterocycles. The van der Waals surface area contributed by atoms with E-state index in [0.29, 0.717) is 0 Å². The molecule has 0 spiro atoms. The lowest BCUT2D eigenvalue weighted by Gasteiger charge is -2.35. The van der Waals surface area contributed by atoms with E-state index in [0.717, 1.165) is 23.7 Å². The second-order valence-electron chi connectivity index (χ2n) is 4.76. The molecule has 1 saturated heterocycles. The molecule has 1 aromatic carbocycles. The fraction of sp³-hybridized carbons (Fsp3) is 0.500. The molecule has 2 nitrogen and oxygen atoms in total. The van der Waals surface area contributed by atoms with Crippen LogP contribution in [0.4, 0.5) is 0 Å². The van der Waals surface area contributed by atoms with Gasteiger partial charge >= 0.3 is 0 Å². The fourth-order valence-electron chi connectivity index (χ4n) is 1.68. The zero-order valence-electron chi connectivity index (χ0n) is 9.09. The molecule has 0 radical (unpaired) electrons. The first-order valence-electron chi connectivity index (χ1n) is 5.18. The van der Waals surface area contributed by atoms with Crippen molar-refractivity contribution in [1.29, 1.82) is 0 Å². The smallest absolute Gasteiger partial charge is 0.135 e. The number of ether oxygens (including phenoxy) is 1. The molecule has 1 aliphatic heterocycles. The molecule has 2 rings (SSSR count). The maximum absolute atomic E-state index is 6.11. The van der Waals surface area contributed by atoms with Gasteiger partial charge in [-0.25, -0.2) is 0 Å². The molecule has 0 bridgehead atoms. The summed E-state index contributed by atoms with van der Waals surface area (Å²) in [5, 5.41) is 4.12. The molecule has 1 N–H and O–H groups in total. The minimum atomic E-state index is -0.0632. The van der Waals surface area contributed by atoms with E-state index in [1.165, 1.54) is 0 Å². The standard InChI is InChI=1S/C12H16ClNO/c1-12(2)7-14-11(15-8-12)9-5-3-4-6-10(9)13/h3-6,11,14H,7-8H2,1-2H3. The van der Waals surface area contributed by atoms with Gasteiger partial charge in [-0.05, 0) is 6.07 Å². The summed E-state index contributed by atoms with van der Waals surface area (Å²) in [6.45, 7) is 6.07. The highest BCUT2D eigenvalue weighted by Gasteiger charge is 2.28. The van der Waals surface area contributed by atoms with Crippen LogP contribution in [0.25, 0.3) is 0 Å². The van der Waals surface area contributed by atoms with Gasteiger partial charge < -0.3 is 4.74 Å². The first-order valence-corrected chi connectivity index (χ1v) is 5.56. The van der Waals surface area contributed by atoms with Gasteiger partial charge in [0.1, 0.15) is 6.23 Å². The molecule has 1 aromatic rings. The number of nitrogens with one attached hydrogen (secondary N) is 1. The van der Waals surface area contributed by atoms with Gasteiger partial charge in [0, 0.05) is 22.5 Å². The van der Waals surface area contributed by atoms with Gasteiger partial charge in [-0.15, -0.1) is 0 Å². The Bertz CT molecular complexity index is 341. The summed E-state index contributed by atoms with van der Waals surface area (Å²) >= 11 is 6.11. The zero-order valence-corrected chi connectivity index (χ0v) is 9.84. The van der Waals surface area contributed by atoms with Gasteiger partial charge in [-0.2, -0.15) is 0 Å². The average molecular weight is 226 g/mol.